The molecular formula is C5H4ClFN2O. The van der Waals surface area contributed by atoms with Gasteiger partial charge in [-0.2, -0.15) is 4.39 Å². The van der Waals surface area contributed by atoms with E-state index >= 15 is 0 Å². The lowest BCUT2D eigenvalue weighted by atomic mass is 10.4. The lowest BCUT2D eigenvalue weighted by molar-refractivity contribution is 0.588. The highest BCUT2D eigenvalue weighted by molar-refractivity contribution is 6.28. The SMILES string of the molecule is Cc1nc(Cl)[nH]c(=O)c1F. The molecule has 0 saturated carbocycles. The van der Waals surface area contributed by atoms with Gasteiger partial charge in [-0.1, -0.05) is 0 Å². The van der Waals surface area contributed by atoms with Gasteiger partial charge in [0.2, 0.25) is 11.1 Å². The second kappa shape index (κ2) is 2.38. The van der Waals surface area contributed by atoms with Crippen molar-refractivity contribution in [3.05, 3.63) is 27.1 Å². The lowest BCUT2D eigenvalue weighted by Crippen LogP contribution is -2.13. The molecule has 1 heterocycles. The van der Waals surface area contributed by atoms with Gasteiger partial charge in [-0.3, -0.25) is 9.78 Å². The summed E-state index contributed by atoms with van der Waals surface area (Å²) >= 11 is 5.29. The monoisotopic (exact) mass is 162 g/mol. The molecule has 0 aliphatic heterocycles. The molecule has 0 atom stereocenters. The van der Waals surface area contributed by atoms with E-state index in [0.717, 1.165) is 0 Å². The number of H-pyrrole nitrogens is 1. The van der Waals surface area contributed by atoms with Crippen molar-refractivity contribution in [2.45, 2.75) is 6.92 Å². The van der Waals surface area contributed by atoms with Crippen LogP contribution in [0.2, 0.25) is 5.28 Å². The van der Waals surface area contributed by atoms with E-state index in [1.807, 2.05) is 4.98 Å². The minimum Gasteiger partial charge on any atom is -0.295 e. The maximum absolute atomic E-state index is 12.4. The van der Waals surface area contributed by atoms with Crippen LogP contribution in [0.3, 0.4) is 0 Å². The zero-order chi connectivity index (χ0) is 7.72. The summed E-state index contributed by atoms with van der Waals surface area (Å²) in [5, 5.41) is -0.0936. The maximum Gasteiger partial charge on any atom is 0.288 e. The molecule has 1 rings (SSSR count). The Kier molecular flexibility index (Phi) is 1.72. The van der Waals surface area contributed by atoms with E-state index in [2.05, 4.69) is 4.98 Å². The van der Waals surface area contributed by atoms with Gasteiger partial charge in [0.25, 0.3) is 5.56 Å². The number of halogens is 2. The van der Waals surface area contributed by atoms with Crippen LogP contribution >= 0.6 is 11.6 Å². The number of nitrogens with one attached hydrogen (secondary N) is 1. The predicted molar refractivity (Wildman–Crippen MR) is 34.6 cm³/mol. The number of aromatic amines is 1. The summed E-state index contributed by atoms with van der Waals surface area (Å²) in [5.41, 5.74) is -0.828. The molecular weight excluding hydrogens is 159 g/mol. The van der Waals surface area contributed by atoms with Crippen LogP contribution in [0.1, 0.15) is 5.69 Å². The third-order valence-electron chi connectivity index (χ3n) is 1.000. The minimum absolute atomic E-state index is 0.00810. The molecule has 0 amide bonds. The van der Waals surface area contributed by atoms with Crippen molar-refractivity contribution in [3.63, 3.8) is 0 Å². The van der Waals surface area contributed by atoms with Crippen LogP contribution in [-0.4, -0.2) is 9.97 Å². The first-order valence-corrected chi connectivity index (χ1v) is 2.91. The van der Waals surface area contributed by atoms with Gasteiger partial charge in [0.1, 0.15) is 0 Å². The molecule has 0 saturated heterocycles. The van der Waals surface area contributed by atoms with Crippen molar-refractivity contribution in [1.82, 2.24) is 9.97 Å². The zero-order valence-corrected chi connectivity index (χ0v) is 5.87. The fraction of sp³-hybridized carbons (Fsp3) is 0.200. The molecule has 0 spiro atoms. The molecule has 10 heavy (non-hydrogen) atoms. The first-order valence-electron chi connectivity index (χ1n) is 2.53. The van der Waals surface area contributed by atoms with Crippen LogP contribution in [-0.2, 0) is 0 Å². The molecule has 0 aromatic carbocycles. The summed E-state index contributed by atoms with van der Waals surface area (Å²) in [6.07, 6.45) is 0. The van der Waals surface area contributed by atoms with E-state index in [-0.39, 0.29) is 11.0 Å². The Balaban J connectivity index is 3.46. The quantitative estimate of drug-likeness (QED) is 0.576. The Morgan fingerprint density at radius 1 is 1.70 bits per heavy atom. The normalized spacial score (nSPS) is 9.90. The van der Waals surface area contributed by atoms with Gasteiger partial charge in [-0.05, 0) is 18.5 Å². The lowest BCUT2D eigenvalue weighted by Gasteiger charge is -1.92. The first kappa shape index (κ1) is 7.21. The van der Waals surface area contributed by atoms with Crippen LogP contribution < -0.4 is 5.56 Å². The smallest absolute Gasteiger partial charge is 0.288 e. The number of hydrogen-bond acceptors (Lipinski definition) is 2. The highest BCUT2D eigenvalue weighted by Crippen LogP contribution is 1.99. The largest absolute Gasteiger partial charge is 0.295 e. The van der Waals surface area contributed by atoms with Crippen molar-refractivity contribution in [1.29, 1.82) is 0 Å². The number of aromatic nitrogens is 2. The van der Waals surface area contributed by atoms with E-state index in [1.54, 1.807) is 0 Å². The second-order valence-corrected chi connectivity index (χ2v) is 2.11. The summed E-state index contributed by atoms with van der Waals surface area (Å²) < 4.78 is 12.4. The molecule has 1 N–H and O–H groups in total. The fourth-order valence-electron chi connectivity index (χ4n) is 0.537. The topological polar surface area (TPSA) is 45.8 Å². The summed E-state index contributed by atoms with van der Waals surface area (Å²) in [6, 6.07) is 0. The van der Waals surface area contributed by atoms with Gasteiger partial charge < -0.3 is 0 Å². The van der Waals surface area contributed by atoms with E-state index in [0.29, 0.717) is 0 Å². The van der Waals surface area contributed by atoms with Gasteiger partial charge in [0, 0.05) is 0 Å². The van der Waals surface area contributed by atoms with Crippen molar-refractivity contribution in [3.8, 4) is 0 Å². The van der Waals surface area contributed by atoms with Crippen molar-refractivity contribution in [2.75, 3.05) is 0 Å². The van der Waals surface area contributed by atoms with Gasteiger partial charge in [0.05, 0.1) is 5.69 Å². The molecule has 0 bridgehead atoms. The van der Waals surface area contributed by atoms with Gasteiger partial charge >= 0.3 is 0 Å². The van der Waals surface area contributed by atoms with Crippen molar-refractivity contribution in [2.24, 2.45) is 0 Å². The molecule has 3 nitrogen and oxygen atoms in total. The second-order valence-electron chi connectivity index (χ2n) is 1.76. The molecule has 54 valence electrons. The van der Waals surface area contributed by atoms with Gasteiger partial charge in [-0.15, -0.1) is 0 Å². The maximum atomic E-state index is 12.4. The van der Waals surface area contributed by atoms with Crippen LogP contribution in [0.5, 0.6) is 0 Å². The molecule has 0 aliphatic rings. The molecule has 0 radical (unpaired) electrons. The van der Waals surface area contributed by atoms with E-state index in [1.165, 1.54) is 6.92 Å². The fourth-order valence-corrected chi connectivity index (χ4v) is 0.750. The molecule has 0 fully saturated rings. The molecule has 1 aromatic heterocycles. The predicted octanol–water partition coefficient (Wildman–Crippen LogP) is 0.871. The van der Waals surface area contributed by atoms with Crippen LogP contribution in [0.4, 0.5) is 4.39 Å². The third kappa shape index (κ3) is 1.16. The summed E-state index contributed by atoms with van der Waals surface area (Å²) in [5.74, 6) is -0.885. The van der Waals surface area contributed by atoms with Crippen molar-refractivity contribution >= 4 is 11.6 Å². The number of nitrogens with zero attached hydrogens (tertiary/aromatic N) is 1. The highest BCUT2D eigenvalue weighted by atomic mass is 35.5. The van der Waals surface area contributed by atoms with Crippen molar-refractivity contribution < 1.29 is 4.39 Å². The van der Waals surface area contributed by atoms with E-state index < -0.39 is 11.4 Å². The van der Waals surface area contributed by atoms with E-state index in [4.69, 9.17) is 11.6 Å². The molecule has 0 unspecified atom stereocenters. The average Bonchev–Trinajstić information content (AvgIpc) is 1.82. The Bertz CT molecular complexity index is 309. The number of hydrogen-bond donors (Lipinski definition) is 1. The number of aryl methyl sites for hydroxylation is 1. The van der Waals surface area contributed by atoms with Gasteiger partial charge in [-0.25, -0.2) is 4.98 Å². The molecule has 0 aliphatic carbocycles. The summed E-state index contributed by atoms with van der Waals surface area (Å²) in [7, 11) is 0. The molecule has 1 aromatic rings. The zero-order valence-electron chi connectivity index (χ0n) is 5.11. The van der Waals surface area contributed by atoms with Crippen LogP contribution in [0.25, 0.3) is 0 Å². The van der Waals surface area contributed by atoms with E-state index in [9.17, 15) is 9.18 Å². The Morgan fingerprint density at radius 2 is 2.30 bits per heavy atom. The standard InChI is InChI=1S/C5H4ClFN2O/c1-2-3(7)4(10)9-5(6)8-2/h1H3,(H,8,9,10). The Hall–Kier alpha value is -0.900. The third-order valence-corrected chi connectivity index (χ3v) is 1.18. The summed E-state index contributed by atoms with van der Waals surface area (Å²) in [6.45, 7) is 1.37. The van der Waals surface area contributed by atoms with Crippen LogP contribution in [0.15, 0.2) is 4.79 Å². The number of rotatable bonds is 0. The Labute approximate surface area is 60.9 Å². The van der Waals surface area contributed by atoms with Crippen LogP contribution in [0, 0.1) is 12.7 Å². The Morgan fingerprint density at radius 3 is 2.80 bits per heavy atom. The highest BCUT2D eigenvalue weighted by Gasteiger charge is 2.03. The van der Waals surface area contributed by atoms with Gasteiger partial charge in [0.15, 0.2) is 0 Å². The average molecular weight is 163 g/mol. The first-order chi connectivity index (χ1) is 4.61. The summed E-state index contributed by atoms with van der Waals surface area (Å²) in [4.78, 5) is 16.0. The molecule has 5 heteroatoms. The minimum atomic E-state index is -0.885.